The highest BCUT2D eigenvalue weighted by atomic mass is 16.5. The van der Waals surface area contributed by atoms with Crippen molar-refractivity contribution in [2.45, 2.75) is 13.3 Å². The Morgan fingerprint density at radius 3 is 3.06 bits per heavy atom. The van der Waals surface area contributed by atoms with Crippen LogP contribution in [-0.4, -0.2) is 24.1 Å². The van der Waals surface area contributed by atoms with Gasteiger partial charge in [0.15, 0.2) is 0 Å². The standard InChI is InChI=1S/C12H14N2O2/c1-2-16-12(15)11-8-5-7-10(14-11)6-3-4-9-13/h5,7-8H,2,4,9,13H2,1H3. The first-order valence-electron chi connectivity index (χ1n) is 5.11. The molecule has 1 aromatic heterocycles. The van der Waals surface area contributed by atoms with E-state index in [2.05, 4.69) is 16.8 Å². The zero-order valence-electron chi connectivity index (χ0n) is 9.19. The molecule has 0 unspecified atom stereocenters. The lowest BCUT2D eigenvalue weighted by atomic mass is 10.3. The van der Waals surface area contributed by atoms with Gasteiger partial charge in [-0.25, -0.2) is 9.78 Å². The highest BCUT2D eigenvalue weighted by molar-refractivity contribution is 5.87. The topological polar surface area (TPSA) is 65.2 Å². The molecule has 0 aromatic carbocycles. The van der Waals surface area contributed by atoms with E-state index in [0.717, 1.165) is 0 Å². The van der Waals surface area contributed by atoms with Crippen LogP contribution >= 0.6 is 0 Å². The van der Waals surface area contributed by atoms with Crippen molar-refractivity contribution in [3.05, 3.63) is 29.6 Å². The molecule has 16 heavy (non-hydrogen) atoms. The van der Waals surface area contributed by atoms with Gasteiger partial charge < -0.3 is 10.5 Å². The first-order valence-corrected chi connectivity index (χ1v) is 5.11. The van der Waals surface area contributed by atoms with E-state index in [4.69, 9.17) is 10.5 Å². The molecule has 0 saturated carbocycles. The van der Waals surface area contributed by atoms with Crippen molar-refractivity contribution in [1.82, 2.24) is 4.98 Å². The molecule has 0 radical (unpaired) electrons. The van der Waals surface area contributed by atoms with Crippen molar-refractivity contribution in [2.75, 3.05) is 13.2 Å². The summed E-state index contributed by atoms with van der Waals surface area (Å²) in [6, 6.07) is 5.07. The summed E-state index contributed by atoms with van der Waals surface area (Å²) in [6.07, 6.45) is 0.616. The van der Waals surface area contributed by atoms with Crippen molar-refractivity contribution in [3.63, 3.8) is 0 Å². The Kier molecular flexibility index (Phi) is 5.03. The molecule has 84 valence electrons. The number of rotatable bonds is 3. The van der Waals surface area contributed by atoms with E-state index in [1.165, 1.54) is 0 Å². The fourth-order valence-electron chi connectivity index (χ4n) is 1.05. The number of esters is 1. The van der Waals surface area contributed by atoms with E-state index in [-0.39, 0.29) is 5.69 Å². The van der Waals surface area contributed by atoms with E-state index < -0.39 is 5.97 Å². The second-order valence-corrected chi connectivity index (χ2v) is 2.97. The van der Waals surface area contributed by atoms with Gasteiger partial charge in [0.1, 0.15) is 11.4 Å². The Morgan fingerprint density at radius 1 is 1.56 bits per heavy atom. The third-order valence-electron chi connectivity index (χ3n) is 1.72. The quantitative estimate of drug-likeness (QED) is 0.606. The van der Waals surface area contributed by atoms with Crippen LogP contribution < -0.4 is 5.73 Å². The summed E-state index contributed by atoms with van der Waals surface area (Å²) in [7, 11) is 0. The molecule has 2 N–H and O–H groups in total. The van der Waals surface area contributed by atoms with Gasteiger partial charge in [0.25, 0.3) is 0 Å². The monoisotopic (exact) mass is 218 g/mol. The molecule has 0 aliphatic carbocycles. The summed E-state index contributed by atoms with van der Waals surface area (Å²) in [5.74, 6) is 5.27. The third kappa shape index (κ3) is 3.71. The summed E-state index contributed by atoms with van der Waals surface area (Å²) >= 11 is 0. The summed E-state index contributed by atoms with van der Waals surface area (Å²) < 4.78 is 4.84. The minimum atomic E-state index is -0.426. The molecule has 4 nitrogen and oxygen atoms in total. The van der Waals surface area contributed by atoms with Crippen LogP contribution in [0.4, 0.5) is 0 Å². The average molecular weight is 218 g/mol. The molecule has 0 aliphatic heterocycles. The van der Waals surface area contributed by atoms with Crippen LogP contribution in [0.25, 0.3) is 0 Å². The molecule has 1 heterocycles. The van der Waals surface area contributed by atoms with E-state index in [1.54, 1.807) is 25.1 Å². The van der Waals surface area contributed by atoms with Crippen molar-refractivity contribution >= 4 is 5.97 Å². The smallest absolute Gasteiger partial charge is 0.356 e. The van der Waals surface area contributed by atoms with E-state index in [1.807, 2.05) is 0 Å². The highest BCUT2D eigenvalue weighted by Crippen LogP contribution is 2.00. The maximum absolute atomic E-state index is 11.4. The first kappa shape index (κ1) is 12.2. The van der Waals surface area contributed by atoms with Gasteiger partial charge in [0.2, 0.25) is 0 Å². The molecule has 0 amide bonds. The number of ether oxygens (including phenoxy) is 1. The summed E-state index contributed by atoms with van der Waals surface area (Å²) in [5, 5.41) is 0. The second-order valence-electron chi connectivity index (χ2n) is 2.97. The molecule has 0 fully saturated rings. The number of hydrogen-bond donors (Lipinski definition) is 1. The van der Waals surface area contributed by atoms with Crippen LogP contribution in [0, 0.1) is 11.8 Å². The van der Waals surface area contributed by atoms with Crippen molar-refractivity contribution < 1.29 is 9.53 Å². The fourth-order valence-corrected chi connectivity index (χ4v) is 1.05. The fraction of sp³-hybridized carbons (Fsp3) is 0.333. The molecular weight excluding hydrogens is 204 g/mol. The van der Waals surface area contributed by atoms with Crippen LogP contribution in [0.2, 0.25) is 0 Å². The Hall–Kier alpha value is -1.86. The molecule has 0 saturated heterocycles. The zero-order valence-corrected chi connectivity index (χ0v) is 9.19. The summed E-state index contributed by atoms with van der Waals surface area (Å²) in [6.45, 7) is 2.61. The van der Waals surface area contributed by atoms with Crippen LogP contribution in [-0.2, 0) is 4.74 Å². The lowest BCUT2D eigenvalue weighted by Gasteiger charge is -2.00. The van der Waals surface area contributed by atoms with Crippen LogP contribution in [0.3, 0.4) is 0 Å². The Balaban J connectivity index is 2.79. The highest BCUT2D eigenvalue weighted by Gasteiger charge is 2.07. The predicted octanol–water partition coefficient (Wildman–Crippen LogP) is 0.959. The number of nitrogens with zero attached hydrogens (tertiary/aromatic N) is 1. The maximum Gasteiger partial charge on any atom is 0.356 e. The number of pyridine rings is 1. The van der Waals surface area contributed by atoms with Crippen molar-refractivity contribution in [2.24, 2.45) is 5.73 Å². The second kappa shape index (κ2) is 6.59. The summed E-state index contributed by atoms with van der Waals surface area (Å²) in [5.41, 5.74) is 6.15. The van der Waals surface area contributed by atoms with Gasteiger partial charge in [-0.05, 0) is 25.0 Å². The average Bonchev–Trinajstić information content (AvgIpc) is 2.30. The third-order valence-corrected chi connectivity index (χ3v) is 1.72. The van der Waals surface area contributed by atoms with Gasteiger partial charge in [-0.1, -0.05) is 12.0 Å². The van der Waals surface area contributed by atoms with Crippen LogP contribution in [0.15, 0.2) is 18.2 Å². The minimum Gasteiger partial charge on any atom is -0.461 e. The number of hydrogen-bond acceptors (Lipinski definition) is 4. The van der Waals surface area contributed by atoms with Gasteiger partial charge in [-0.15, -0.1) is 0 Å². The SMILES string of the molecule is CCOC(=O)c1cccc(C#CCCN)n1. The van der Waals surface area contributed by atoms with Crippen molar-refractivity contribution in [1.29, 1.82) is 0 Å². The van der Waals surface area contributed by atoms with Gasteiger partial charge in [-0.3, -0.25) is 0 Å². The van der Waals surface area contributed by atoms with Gasteiger partial charge in [0, 0.05) is 13.0 Å². The normalized spacial score (nSPS) is 9.12. The number of carbonyl (C=O) groups is 1. The molecule has 1 aromatic rings. The van der Waals surface area contributed by atoms with Crippen LogP contribution in [0.1, 0.15) is 29.5 Å². The van der Waals surface area contributed by atoms with E-state index in [0.29, 0.717) is 25.3 Å². The molecular formula is C12H14N2O2. The molecule has 0 atom stereocenters. The van der Waals surface area contributed by atoms with Gasteiger partial charge in [-0.2, -0.15) is 0 Å². The Morgan fingerprint density at radius 2 is 2.38 bits per heavy atom. The Labute approximate surface area is 94.8 Å². The Bertz CT molecular complexity index is 419. The van der Waals surface area contributed by atoms with E-state index in [9.17, 15) is 4.79 Å². The molecule has 0 bridgehead atoms. The minimum absolute atomic E-state index is 0.279. The van der Waals surface area contributed by atoms with Gasteiger partial charge in [0.05, 0.1) is 6.61 Å². The first-order chi connectivity index (χ1) is 7.77. The molecule has 0 spiro atoms. The van der Waals surface area contributed by atoms with E-state index >= 15 is 0 Å². The largest absolute Gasteiger partial charge is 0.461 e. The molecule has 1 rings (SSSR count). The molecule has 0 aliphatic rings. The van der Waals surface area contributed by atoms with Gasteiger partial charge >= 0.3 is 5.97 Å². The van der Waals surface area contributed by atoms with Crippen molar-refractivity contribution in [3.8, 4) is 11.8 Å². The predicted molar refractivity (Wildman–Crippen MR) is 60.7 cm³/mol. The van der Waals surface area contributed by atoms with Crippen LogP contribution in [0.5, 0.6) is 0 Å². The number of aromatic nitrogens is 1. The zero-order chi connectivity index (χ0) is 11.8. The number of carbonyl (C=O) groups excluding carboxylic acids is 1. The molecule has 4 heteroatoms. The lowest BCUT2D eigenvalue weighted by molar-refractivity contribution is 0.0519. The number of nitrogens with two attached hydrogens (primary N) is 1. The lowest BCUT2D eigenvalue weighted by Crippen LogP contribution is -2.07. The summed E-state index contributed by atoms with van der Waals surface area (Å²) in [4.78, 5) is 15.4. The maximum atomic E-state index is 11.4.